The molecule has 1 aromatic heterocycles. The molecule has 160 valence electrons. The molecule has 7 nitrogen and oxygen atoms in total. The number of hydrogen-bond acceptors (Lipinski definition) is 4. The van der Waals surface area contributed by atoms with E-state index in [-0.39, 0.29) is 31.4 Å². The Balaban J connectivity index is 0.00000420. The van der Waals surface area contributed by atoms with Gasteiger partial charge in [-0.2, -0.15) is 18.3 Å². The first-order valence-electron chi connectivity index (χ1n) is 8.57. The highest BCUT2D eigenvalue weighted by Gasteiger charge is 2.41. The number of aromatic nitrogens is 2. The van der Waals surface area contributed by atoms with Crippen molar-refractivity contribution in [1.29, 1.82) is 0 Å². The number of carbonyl (C=O) groups excluding carboxylic acids is 2. The Hall–Kier alpha value is -2.59. The Labute approximate surface area is 172 Å². The lowest BCUT2D eigenvalue weighted by atomic mass is 10.1. The van der Waals surface area contributed by atoms with Crippen LogP contribution in [-0.2, 0) is 23.2 Å². The van der Waals surface area contributed by atoms with Crippen LogP contribution >= 0.6 is 12.4 Å². The van der Waals surface area contributed by atoms with Crippen LogP contribution in [0.4, 0.5) is 18.9 Å². The van der Waals surface area contributed by atoms with E-state index in [1.807, 2.05) is 0 Å². The molecule has 0 aliphatic heterocycles. The second-order valence-corrected chi connectivity index (χ2v) is 6.18. The SMILES string of the molecule is CCN(Cc1cccc(NC(=O)C(NC)c2cnn(C)c2)c1)C(=O)C(F)(F)F.Cl. The Morgan fingerprint density at radius 3 is 2.52 bits per heavy atom. The minimum absolute atomic E-state index is 0. The predicted molar refractivity (Wildman–Crippen MR) is 104 cm³/mol. The monoisotopic (exact) mass is 433 g/mol. The van der Waals surface area contributed by atoms with Gasteiger partial charge < -0.3 is 15.5 Å². The van der Waals surface area contributed by atoms with Crippen LogP contribution in [0.3, 0.4) is 0 Å². The number of halogens is 4. The first-order chi connectivity index (χ1) is 13.2. The smallest absolute Gasteiger partial charge is 0.331 e. The minimum Gasteiger partial charge on any atom is -0.331 e. The lowest BCUT2D eigenvalue weighted by Crippen LogP contribution is -2.40. The molecular weight excluding hydrogens is 411 g/mol. The second-order valence-electron chi connectivity index (χ2n) is 6.18. The Morgan fingerprint density at radius 2 is 2.00 bits per heavy atom. The van der Waals surface area contributed by atoms with Crippen LogP contribution in [0, 0.1) is 0 Å². The molecule has 2 rings (SSSR count). The summed E-state index contributed by atoms with van der Waals surface area (Å²) in [4.78, 5) is 24.7. The molecule has 2 amide bonds. The average Bonchev–Trinajstić information content (AvgIpc) is 3.05. The third-order valence-electron chi connectivity index (χ3n) is 4.09. The molecule has 1 unspecified atom stereocenters. The molecule has 0 radical (unpaired) electrons. The van der Waals surface area contributed by atoms with E-state index in [1.165, 1.54) is 6.92 Å². The van der Waals surface area contributed by atoms with Gasteiger partial charge >= 0.3 is 12.1 Å². The maximum atomic E-state index is 12.7. The summed E-state index contributed by atoms with van der Waals surface area (Å²) in [5, 5.41) is 9.66. The molecule has 0 bridgehead atoms. The number of amides is 2. The molecule has 2 N–H and O–H groups in total. The zero-order valence-electron chi connectivity index (χ0n) is 16.2. The third-order valence-corrected chi connectivity index (χ3v) is 4.09. The number of nitrogens with one attached hydrogen (secondary N) is 2. The average molecular weight is 434 g/mol. The van der Waals surface area contributed by atoms with Gasteiger partial charge in [-0.3, -0.25) is 14.3 Å². The van der Waals surface area contributed by atoms with Crippen LogP contribution in [0.5, 0.6) is 0 Å². The van der Waals surface area contributed by atoms with E-state index in [1.54, 1.807) is 55.4 Å². The number of hydrogen-bond donors (Lipinski definition) is 2. The van der Waals surface area contributed by atoms with Gasteiger partial charge in [0.05, 0.1) is 6.20 Å². The lowest BCUT2D eigenvalue weighted by molar-refractivity contribution is -0.185. The molecule has 2 aromatic rings. The van der Waals surface area contributed by atoms with Gasteiger partial charge in [-0.05, 0) is 31.7 Å². The van der Waals surface area contributed by atoms with Gasteiger partial charge in [0.1, 0.15) is 6.04 Å². The van der Waals surface area contributed by atoms with Crippen LogP contribution in [0.2, 0.25) is 0 Å². The van der Waals surface area contributed by atoms with Crippen LogP contribution < -0.4 is 10.6 Å². The normalized spacial score (nSPS) is 12.1. The van der Waals surface area contributed by atoms with Gasteiger partial charge in [0.2, 0.25) is 5.91 Å². The zero-order chi connectivity index (χ0) is 20.9. The molecule has 0 spiro atoms. The summed E-state index contributed by atoms with van der Waals surface area (Å²) in [6.45, 7) is 1.18. The van der Waals surface area contributed by atoms with Gasteiger partial charge in [0.25, 0.3) is 0 Å². The molecule has 1 aromatic carbocycles. The van der Waals surface area contributed by atoms with Crippen molar-refractivity contribution >= 4 is 29.9 Å². The van der Waals surface area contributed by atoms with E-state index in [2.05, 4.69) is 15.7 Å². The van der Waals surface area contributed by atoms with Crippen LogP contribution in [0.15, 0.2) is 36.7 Å². The highest BCUT2D eigenvalue weighted by Crippen LogP contribution is 2.21. The Morgan fingerprint density at radius 1 is 1.31 bits per heavy atom. The van der Waals surface area contributed by atoms with E-state index < -0.39 is 18.1 Å². The van der Waals surface area contributed by atoms with Crippen molar-refractivity contribution in [3.8, 4) is 0 Å². The van der Waals surface area contributed by atoms with Crippen molar-refractivity contribution in [2.75, 3.05) is 18.9 Å². The number of aryl methyl sites for hydroxylation is 1. The first kappa shape index (κ1) is 24.4. The van der Waals surface area contributed by atoms with E-state index in [0.717, 1.165) is 0 Å². The fourth-order valence-corrected chi connectivity index (χ4v) is 2.73. The summed E-state index contributed by atoms with van der Waals surface area (Å²) in [6.07, 6.45) is -1.65. The molecule has 1 heterocycles. The fourth-order valence-electron chi connectivity index (χ4n) is 2.73. The summed E-state index contributed by atoms with van der Waals surface area (Å²) in [6, 6.07) is 5.73. The summed E-state index contributed by atoms with van der Waals surface area (Å²) >= 11 is 0. The van der Waals surface area contributed by atoms with Crippen molar-refractivity contribution in [2.24, 2.45) is 7.05 Å². The highest BCUT2D eigenvalue weighted by atomic mass is 35.5. The van der Waals surface area contributed by atoms with Crippen molar-refractivity contribution in [3.05, 3.63) is 47.8 Å². The quantitative estimate of drug-likeness (QED) is 0.703. The van der Waals surface area contributed by atoms with E-state index in [9.17, 15) is 22.8 Å². The van der Waals surface area contributed by atoms with Crippen molar-refractivity contribution in [2.45, 2.75) is 25.7 Å². The zero-order valence-corrected chi connectivity index (χ0v) is 17.0. The molecule has 0 saturated heterocycles. The Kier molecular flexibility index (Phi) is 8.65. The van der Waals surface area contributed by atoms with E-state index in [4.69, 9.17) is 0 Å². The summed E-state index contributed by atoms with van der Waals surface area (Å²) in [5.41, 5.74) is 1.56. The number of benzene rings is 1. The topological polar surface area (TPSA) is 79.3 Å². The lowest BCUT2D eigenvalue weighted by Gasteiger charge is -2.22. The van der Waals surface area contributed by atoms with Gasteiger partial charge in [-0.25, -0.2) is 0 Å². The maximum absolute atomic E-state index is 12.7. The Bertz CT molecular complexity index is 841. The summed E-state index contributed by atoms with van der Waals surface area (Å²) in [5.74, 6) is -2.23. The fraction of sp³-hybridized carbons (Fsp3) is 0.389. The first-order valence-corrected chi connectivity index (χ1v) is 8.57. The van der Waals surface area contributed by atoms with Gasteiger partial charge in [-0.1, -0.05) is 12.1 Å². The molecule has 29 heavy (non-hydrogen) atoms. The molecule has 1 atom stereocenters. The largest absolute Gasteiger partial charge is 0.471 e. The molecule has 0 aliphatic rings. The highest BCUT2D eigenvalue weighted by molar-refractivity contribution is 5.95. The van der Waals surface area contributed by atoms with Gasteiger partial charge in [0.15, 0.2) is 0 Å². The number of likely N-dealkylation sites (N-methyl/N-ethyl adjacent to an activating group) is 1. The van der Waals surface area contributed by atoms with Crippen molar-refractivity contribution in [3.63, 3.8) is 0 Å². The van der Waals surface area contributed by atoms with Crippen molar-refractivity contribution < 1.29 is 22.8 Å². The standard InChI is InChI=1S/C18H22F3N5O2.ClH/c1-4-26(17(28)18(19,20)21)10-12-6-5-7-14(8-12)24-16(27)15(22-2)13-9-23-25(3)11-13;/h5-9,11,15,22H,4,10H2,1-3H3,(H,24,27);1H. The molecular formula is C18H23ClF3N5O2. The third kappa shape index (κ3) is 6.47. The number of rotatable bonds is 7. The van der Waals surface area contributed by atoms with E-state index >= 15 is 0 Å². The van der Waals surface area contributed by atoms with Crippen molar-refractivity contribution in [1.82, 2.24) is 20.0 Å². The summed E-state index contributed by atoms with van der Waals surface area (Å²) in [7, 11) is 3.37. The molecule has 11 heteroatoms. The minimum atomic E-state index is -4.93. The number of nitrogens with zero attached hydrogens (tertiary/aromatic N) is 3. The second kappa shape index (κ2) is 10.3. The van der Waals surface area contributed by atoms with Crippen LogP contribution in [0.1, 0.15) is 24.1 Å². The van der Waals surface area contributed by atoms with Gasteiger partial charge in [-0.15, -0.1) is 12.4 Å². The number of alkyl halides is 3. The number of carbonyl (C=O) groups is 2. The maximum Gasteiger partial charge on any atom is 0.471 e. The number of anilines is 1. The molecule has 0 saturated carbocycles. The van der Waals surface area contributed by atoms with E-state index in [0.29, 0.717) is 21.7 Å². The van der Waals surface area contributed by atoms with Gasteiger partial charge in [0, 0.05) is 37.6 Å². The predicted octanol–water partition coefficient (Wildman–Crippen LogP) is 2.65. The molecule has 0 aliphatic carbocycles. The molecule has 0 fully saturated rings. The van der Waals surface area contributed by atoms with Crippen LogP contribution in [-0.4, -0.2) is 46.3 Å². The van der Waals surface area contributed by atoms with Crippen LogP contribution in [0.25, 0.3) is 0 Å². The summed E-state index contributed by atoms with van der Waals surface area (Å²) < 4.78 is 39.6.